The first-order valence-electron chi connectivity index (χ1n) is 9.27. The van der Waals surface area contributed by atoms with Gasteiger partial charge in [-0.1, -0.05) is 30.3 Å². The van der Waals surface area contributed by atoms with Gasteiger partial charge in [0.05, 0.1) is 12.7 Å². The Morgan fingerprint density at radius 2 is 1.69 bits per heavy atom. The third-order valence-corrected chi connectivity index (χ3v) is 4.14. The minimum atomic E-state index is -0.511. The largest absolute Gasteiger partial charge is 0.493 e. The number of methoxy groups -OCH3 is 1. The lowest BCUT2D eigenvalue weighted by Crippen LogP contribution is -2.34. The molecule has 0 fully saturated rings. The van der Waals surface area contributed by atoms with Crippen LogP contribution in [0.3, 0.4) is 0 Å². The predicted octanol–water partition coefficient (Wildman–Crippen LogP) is 3.97. The van der Waals surface area contributed by atoms with Crippen LogP contribution in [0, 0.1) is 0 Å². The molecule has 6 heteroatoms. The third kappa shape index (κ3) is 5.25. The summed E-state index contributed by atoms with van der Waals surface area (Å²) < 4.78 is 16.3. The molecule has 0 saturated heterocycles. The van der Waals surface area contributed by atoms with Crippen molar-refractivity contribution in [3.05, 3.63) is 66.2 Å². The zero-order chi connectivity index (χ0) is 20.8. The molecule has 1 amide bonds. The van der Waals surface area contributed by atoms with Crippen LogP contribution in [0.5, 0.6) is 17.2 Å². The van der Waals surface area contributed by atoms with Crippen molar-refractivity contribution in [2.75, 3.05) is 13.7 Å². The molecule has 3 aromatic rings. The van der Waals surface area contributed by atoms with Crippen LogP contribution < -0.4 is 19.5 Å². The molecule has 0 unspecified atom stereocenters. The van der Waals surface area contributed by atoms with E-state index in [1.54, 1.807) is 18.2 Å². The van der Waals surface area contributed by atoms with Gasteiger partial charge in [0.1, 0.15) is 5.75 Å². The van der Waals surface area contributed by atoms with Crippen LogP contribution in [0.1, 0.15) is 24.2 Å². The summed E-state index contributed by atoms with van der Waals surface area (Å²) in [6.07, 6.45) is 0. The lowest BCUT2D eigenvalue weighted by atomic mass is 10.1. The van der Waals surface area contributed by atoms with Gasteiger partial charge in [-0.15, -0.1) is 0 Å². The van der Waals surface area contributed by atoms with E-state index in [0.717, 1.165) is 10.8 Å². The smallest absolute Gasteiger partial charge is 0.343 e. The molecule has 150 valence electrons. The molecule has 0 atom stereocenters. The molecule has 0 aromatic heterocycles. The van der Waals surface area contributed by atoms with Crippen molar-refractivity contribution in [2.45, 2.75) is 19.9 Å². The molecule has 0 bridgehead atoms. The van der Waals surface area contributed by atoms with E-state index in [-0.39, 0.29) is 18.6 Å². The van der Waals surface area contributed by atoms with Crippen molar-refractivity contribution in [3.8, 4) is 17.2 Å². The Balaban J connectivity index is 1.70. The Kier molecular flexibility index (Phi) is 6.34. The van der Waals surface area contributed by atoms with Gasteiger partial charge in [0.15, 0.2) is 18.1 Å². The summed E-state index contributed by atoms with van der Waals surface area (Å²) in [6, 6.07) is 18.0. The first-order chi connectivity index (χ1) is 14.0. The number of amides is 1. The van der Waals surface area contributed by atoms with E-state index >= 15 is 0 Å². The van der Waals surface area contributed by atoms with E-state index in [2.05, 4.69) is 5.32 Å². The van der Waals surface area contributed by atoms with Crippen molar-refractivity contribution in [3.63, 3.8) is 0 Å². The fraction of sp³-hybridized carbons (Fsp3) is 0.217. The van der Waals surface area contributed by atoms with E-state index in [1.807, 2.05) is 50.2 Å². The molecular weight excluding hydrogens is 370 g/mol. The van der Waals surface area contributed by atoms with Crippen molar-refractivity contribution in [1.29, 1.82) is 0 Å². The average molecular weight is 393 g/mol. The van der Waals surface area contributed by atoms with Crippen LogP contribution >= 0.6 is 0 Å². The Bertz CT molecular complexity index is 1030. The number of benzene rings is 3. The van der Waals surface area contributed by atoms with E-state index in [0.29, 0.717) is 22.8 Å². The highest BCUT2D eigenvalue weighted by atomic mass is 16.5. The van der Waals surface area contributed by atoms with E-state index in [4.69, 9.17) is 14.2 Å². The summed E-state index contributed by atoms with van der Waals surface area (Å²) in [5.41, 5.74) is 0.314. The SMILES string of the molecule is COc1cc(C(=O)Oc2ccc3ccccc3c2)ccc1OCC(=O)NC(C)C. The number of hydrogen-bond donors (Lipinski definition) is 1. The molecule has 0 aliphatic rings. The second kappa shape index (κ2) is 9.10. The second-order valence-electron chi connectivity index (χ2n) is 6.78. The highest BCUT2D eigenvalue weighted by Gasteiger charge is 2.15. The maximum absolute atomic E-state index is 12.5. The van der Waals surface area contributed by atoms with Gasteiger partial charge in [-0.25, -0.2) is 4.79 Å². The second-order valence-corrected chi connectivity index (χ2v) is 6.78. The monoisotopic (exact) mass is 393 g/mol. The Labute approximate surface area is 169 Å². The Morgan fingerprint density at radius 1 is 0.931 bits per heavy atom. The van der Waals surface area contributed by atoms with Crippen molar-refractivity contribution in [2.24, 2.45) is 0 Å². The molecule has 3 rings (SSSR count). The lowest BCUT2D eigenvalue weighted by molar-refractivity contribution is -0.123. The lowest BCUT2D eigenvalue weighted by Gasteiger charge is -2.13. The van der Waals surface area contributed by atoms with Gasteiger partial charge in [0, 0.05) is 6.04 Å². The van der Waals surface area contributed by atoms with Gasteiger partial charge in [-0.3, -0.25) is 4.79 Å². The molecule has 3 aromatic carbocycles. The quantitative estimate of drug-likeness (QED) is 0.486. The molecule has 0 spiro atoms. The molecule has 0 aliphatic heterocycles. The number of carbonyl (C=O) groups is 2. The summed E-state index contributed by atoms with van der Waals surface area (Å²) in [4.78, 5) is 24.3. The number of fused-ring (bicyclic) bond motifs is 1. The molecule has 0 radical (unpaired) electrons. The summed E-state index contributed by atoms with van der Waals surface area (Å²) in [5.74, 6) is 0.423. The first-order valence-corrected chi connectivity index (χ1v) is 9.27. The highest BCUT2D eigenvalue weighted by molar-refractivity contribution is 5.93. The Morgan fingerprint density at radius 3 is 2.41 bits per heavy atom. The topological polar surface area (TPSA) is 73.9 Å². The molecule has 6 nitrogen and oxygen atoms in total. The van der Waals surface area contributed by atoms with Crippen molar-refractivity contribution < 1.29 is 23.8 Å². The van der Waals surface area contributed by atoms with Crippen LogP contribution in [0.25, 0.3) is 10.8 Å². The maximum atomic E-state index is 12.5. The fourth-order valence-electron chi connectivity index (χ4n) is 2.82. The van der Waals surface area contributed by atoms with Crippen LogP contribution in [-0.4, -0.2) is 31.6 Å². The summed E-state index contributed by atoms with van der Waals surface area (Å²) >= 11 is 0. The molecule has 0 heterocycles. The van der Waals surface area contributed by atoms with Crippen LogP contribution in [0.2, 0.25) is 0 Å². The van der Waals surface area contributed by atoms with Crippen molar-refractivity contribution >= 4 is 22.6 Å². The van der Waals surface area contributed by atoms with Gasteiger partial charge in [0.25, 0.3) is 5.91 Å². The van der Waals surface area contributed by atoms with Gasteiger partial charge >= 0.3 is 5.97 Å². The molecule has 0 saturated carbocycles. The van der Waals surface area contributed by atoms with E-state index in [9.17, 15) is 9.59 Å². The zero-order valence-corrected chi connectivity index (χ0v) is 16.6. The number of hydrogen-bond acceptors (Lipinski definition) is 5. The van der Waals surface area contributed by atoms with E-state index in [1.165, 1.54) is 13.2 Å². The molecule has 0 aliphatic carbocycles. The molecule has 29 heavy (non-hydrogen) atoms. The Hall–Kier alpha value is -3.54. The summed E-state index contributed by atoms with van der Waals surface area (Å²) in [6.45, 7) is 3.60. The minimum absolute atomic E-state index is 0.0280. The third-order valence-electron chi connectivity index (χ3n) is 4.14. The summed E-state index contributed by atoms with van der Waals surface area (Å²) in [5, 5.41) is 4.79. The predicted molar refractivity (Wildman–Crippen MR) is 111 cm³/mol. The van der Waals surface area contributed by atoms with Crippen LogP contribution in [-0.2, 0) is 4.79 Å². The number of carbonyl (C=O) groups excluding carboxylic acids is 2. The van der Waals surface area contributed by atoms with Gasteiger partial charge in [-0.05, 0) is 55.0 Å². The van der Waals surface area contributed by atoms with Gasteiger partial charge < -0.3 is 19.5 Å². The minimum Gasteiger partial charge on any atom is -0.493 e. The average Bonchev–Trinajstić information content (AvgIpc) is 2.71. The standard InChI is InChI=1S/C23H23NO5/c1-15(2)24-22(25)14-28-20-11-9-18(13-21(20)27-3)23(26)29-19-10-8-16-6-4-5-7-17(16)12-19/h4-13,15H,14H2,1-3H3,(H,24,25). The zero-order valence-electron chi connectivity index (χ0n) is 16.6. The van der Waals surface area contributed by atoms with Gasteiger partial charge in [0.2, 0.25) is 0 Å². The molecule has 1 N–H and O–H groups in total. The van der Waals surface area contributed by atoms with Crippen molar-refractivity contribution in [1.82, 2.24) is 5.32 Å². The normalized spacial score (nSPS) is 10.6. The van der Waals surface area contributed by atoms with Gasteiger partial charge in [-0.2, -0.15) is 0 Å². The summed E-state index contributed by atoms with van der Waals surface area (Å²) in [7, 11) is 1.47. The molecular formula is C23H23NO5. The number of nitrogens with one attached hydrogen (secondary N) is 1. The highest BCUT2D eigenvalue weighted by Crippen LogP contribution is 2.29. The van der Waals surface area contributed by atoms with Crippen LogP contribution in [0.4, 0.5) is 0 Å². The number of esters is 1. The van der Waals surface area contributed by atoms with Crippen LogP contribution in [0.15, 0.2) is 60.7 Å². The fourth-order valence-corrected chi connectivity index (χ4v) is 2.82. The maximum Gasteiger partial charge on any atom is 0.343 e. The number of ether oxygens (including phenoxy) is 3. The first kappa shape index (κ1) is 20.2. The van der Waals surface area contributed by atoms with E-state index < -0.39 is 5.97 Å². The number of rotatable bonds is 7.